The number of carbonyl (C=O) groups is 2. The minimum Gasteiger partial charge on any atom is -0.456 e. The molecular formula is C24H23ClF3N3O4. The SMILES string of the molecule is CCCCn1c(=O)c(CCC(=O)OCC(=O)Nc2cc(C(F)(F)F)ccc2Cl)nc2ccccc21. The van der Waals surface area contributed by atoms with Crippen LogP contribution in [-0.4, -0.2) is 28.0 Å². The minimum atomic E-state index is -4.61. The van der Waals surface area contributed by atoms with Crippen molar-refractivity contribution in [2.24, 2.45) is 0 Å². The van der Waals surface area contributed by atoms with Gasteiger partial charge in [0.05, 0.1) is 33.7 Å². The number of esters is 1. The lowest BCUT2D eigenvalue weighted by Gasteiger charge is -2.12. The minimum absolute atomic E-state index is 0.00962. The third-order valence-corrected chi connectivity index (χ3v) is 5.48. The van der Waals surface area contributed by atoms with Gasteiger partial charge in [0.2, 0.25) is 0 Å². The zero-order valence-corrected chi connectivity index (χ0v) is 19.6. The Morgan fingerprint density at radius 2 is 1.91 bits per heavy atom. The van der Waals surface area contributed by atoms with E-state index in [4.69, 9.17) is 16.3 Å². The topological polar surface area (TPSA) is 90.3 Å². The average molecular weight is 510 g/mol. The van der Waals surface area contributed by atoms with Crippen molar-refractivity contribution in [3.05, 3.63) is 69.1 Å². The summed E-state index contributed by atoms with van der Waals surface area (Å²) in [6.07, 6.45) is -3.09. The number of rotatable bonds is 9. The Morgan fingerprint density at radius 3 is 2.63 bits per heavy atom. The molecule has 11 heteroatoms. The Morgan fingerprint density at radius 1 is 1.17 bits per heavy atom. The van der Waals surface area contributed by atoms with Gasteiger partial charge in [-0.1, -0.05) is 37.1 Å². The summed E-state index contributed by atoms with van der Waals surface area (Å²) in [7, 11) is 0. The van der Waals surface area contributed by atoms with E-state index in [9.17, 15) is 27.6 Å². The van der Waals surface area contributed by atoms with E-state index >= 15 is 0 Å². The Hall–Kier alpha value is -3.40. The molecule has 0 saturated heterocycles. The van der Waals surface area contributed by atoms with Gasteiger partial charge in [-0.2, -0.15) is 13.2 Å². The summed E-state index contributed by atoms with van der Waals surface area (Å²) in [6, 6.07) is 9.70. The highest BCUT2D eigenvalue weighted by molar-refractivity contribution is 6.33. The molecule has 0 spiro atoms. The molecule has 0 fully saturated rings. The van der Waals surface area contributed by atoms with E-state index in [0.717, 1.165) is 25.0 Å². The number of anilines is 1. The second-order valence-corrected chi connectivity index (χ2v) is 8.17. The highest BCUT2D eigenvalue weighted by Crippen LogP contribution is 2.33. The number of halogens is 4. The molecule has 0 radical (unpaired) electrons. The van der Waals surface area contributed by atoms with Crippen LogP contribution >= 0.6 is 11.6 Å². The molecular weight excluding hydrogens is 487 g/mol. The van der Waals surface area contributed by atoms with Crippen LogP contribution in [0.5, 0.6) is 0 Å². The van der Waals surface area contributed by atoms with Crippen LogP contribution in [0.4, 0.5) is 18.9 Å². The first-order valence-electron chi connectivity index (χ1n) is 10.9. The fourth-order valence-corrected chi connectivity index (χ4v) is 3.53. The number of hydrogen-bond acceptors (Lipinski definition) is 5. The molecule has 186 valence electrons. The number of unbranched alkanes of at least 4 members (excludes halogenated alkanes) is 1. The van der Waals surface area contributed by atoms with Crippen molar-refractivity contribution >= 4 is 40.2 Å². The molecule has 0 aliphatic rings. The molecule has 0 aliphatic carbocycles. The van der Waals surface area contributed by atoms with E-state index in [2.05, 4.69) is 10.3 Å². The van der Waals surface area contributed by atoms with Gasteiger partial charge in [-0.05, 0) is 36.8 Å². The summed E-state index contributed by atoms with van der Waals surface area (Å²) < 4.78 is 45.1. The molecule has 2 aromatic carbocycles. The summed E-state index contributed by atoms with van der Waals surface area (Å²) >= 11 is 5.84. The molecule has 0 saturated carbocycles. The molecule has 35 heavy (non-hydrogen) atoms. The summed E-state index contributed by atoms with van der Waals surface area (Å²) in [5.41, 5.74) is 0.0159. The second kappa shape index (κ2) is 11.4. The fourth-order valence-electron chi connectivity index (χ4n) is 3.37. The lowest BCUT2D eigenvalue weighted by Crippen LogP contribution is -2.27. The maximum Gasteiger partial charge on any atom is 0.416 e. The monoisotopic (exact) mass is 509 g/mol. The van der Waals surface area contributed by atoms with E-state index in [1.807, 2.05) is 19.1 Å². The maximum atomic E-state index is 12.9. The molecule has 1 N–H and O–H groups in total. The zero-order chi connectivity index (χ0) is 25.6. The Balaban J connectivity index is 1.61. The summed E-state index contributed by atoms with van der Waals surface area (Å²) in [5.74, 6) is -1.62. The van der Waals surface area contributed by atoms with Gasteiger partial charge in [0, 0.05) is 13.0 Å². The van der Waals surface area contributed by atoms with E-state index in [1.165, 1.54) is 0 Å². The van der Waals surface area contributed by atoms with Crippen LogP contribution in [0.1, 0.15) is 37.4 Å². The van der Waals surface area contributed by atoms with E-state index in [1.54, 1.807) is 16.7 Å². The fraction of sp³-hybridized carbons (Fsp3) is 0.333. The lowest BCUT2D eigenvalue weighted by atomic mass is 10.2. The predicted molar refractivity (Wildman–Crippen MR) is 125 cm³/mol. The number of carbonyl (C=O) groups excluding carboxylic acids is 2. The third-order valence-electron chi connectivity index (χ3n) is 5.15. The van der Waals surface area contributed by atoms with Crippen molar-refractivity contribution in [3.63, 3.8) is 0 Å². The Kier molecular flexibility index (Phi) is 8.50. The number of aryl methyl sites for hydroxylation is 2. The van der Waals surface area contributed by atoms with Crippen molar-refractivity contribution in [2.75, 3.05) is 11.9 Å². The number of alkyl halides is 3. The van der Waals surface area contributed by atoms with Crippen molar-refractivity contribution in [3.8, 4) is 0 Å². The largest absolute Gasteiger partial charge is 0.456 e. The number of aromatic nitrogens is 2. The van der Waals surface area contributed by atoms with Gasteiger partial charge in [-0.3, -0.25) is 14.4 Å². The van der Waals surface area contributed by atoms with Crippen LogP contribution < -0.4 is 10.9 Å². The normalized spacial score (nSPS) is 11.5. The first-order chi connectivity index (χ1) is 16.6. The summed E-state index contributed by atoms with van der Waals surface area (Å²) in [4.78, 5) is 41.5. The smallest absolute Gasteiger partial charge is 0.416 e. The van der Waals surface area contributed by atoms with Crippen LogP contribution in [0.2, 0.25) is 5.02 Å². The number of fused-ring (bicyclic) bond motifs is 1. The standard InChI is InChI=1S/C24H23ClF3N3O4/c1-2-3-12-31-20-7-5-4-6-17(20)29-18(23(31)34)10-11-22(33)35-14-21(32)30-19-13-15(24(26,27)28)8-9-16(19)25/h4-9,13H,2-3,10-12,14H2,1H3,(H,30,32). The zero-order valence-electron chi connectivity index (χ0n) is 18.8. The average Bonchev–Trinajstić information content (AvgIpc) is 2.81. The number of benzene rings is 2. The first kappa shape index (κ1) is 26.2. The Bertz CT molecular complexity index is 1290. The number of hydrogen-bond donors (Lipinski definition) is 1. The second-order valence-electron chi connectivity index (χ2n) is 7.76. The van der Waals surface area contributed by atoms with Crippen molar-refractivity contribution in [1.82, 2.24) is 9.55 Å². The van der Waals surface area contributed by atoms with E-state index in [-0.39, 0.29) is 34.8 Å². The van der Waals surface area contributed by atoms with Gasteiger partial charge in [-0.15, -0.1) is 0 Å². The van der Waals surface area contributed by atoms with Crippen molar-refractivity contribution in [1.29, 1.82) is 0 Å². The summed E-state index contributed by atoms with van der Waals surface area (Å²) in [6.45, 7) is 1.81. The number of nitrogens with one attached hydrogen (secondary N) is 1. The number of ether oxygens (including phenoxy) is 1. The molecule has 1 heterocycles. The molecule has 0 atom stereocenters. The van der Waals surface area contributed by atoms with Crippen LogP contribution in [-0.2, 0) is 33.5 Å². The molecule has 0 bridgehead atoms. The molecule has 1 amide bonds. The van der Waals surface area contributed by atoms with Crippen LogP contribution in [0.25, 0.3) is 11.0 Å². The molecule has 0 aliphatic heterocycles. The van der Waals surface area contributed by atoms with Gasteiger partial charge >= 0.3 is 12.1 Å². The molecule has 0 unspecified atom stereocenters. The van der Waals surface area contributed by atoms with Gasteiger partial charge < -0.3 is 14.6 Å². The number of nitrogens with zero attached hydrogens (tertiary/aromatic N) is 2. The van der Waals surface area contributed by atoms with Crippen LogP contribution in [0.3, 0.4) is 0 Å². The highest BCUT2D eigenvalue weighted by atomic mass is 35.5. The van der Waals surface area contributed by atoms with Gasteiger partial charge in [0.25, 0.3) is 11.5 Å². The molecule has 3 aromatic rings. The van der Waals surface area contributed by atoms with E-state index in [0.29, 0.717) is 23.6 Å². The van der Waals surface area contributed by atoms with Gasteiger partial charge in [-0.25, -0.2) is 4.98 Å². The van der Waals surface area contributed by atoms with Gasteiger partial charge in [0.1, 0.15) is 5.69 Å². The molecule has 1 aromatic heterocycles. The molecule has 7 nitrogen and oxygen atoms in total. The van der Waals surface area contributed by atoms with E-state index < -0.39 is 30.2 Å². The molecule has 3 rings (SSSR count). The third kappa shape index (κ3) is 6.82. The van der Waals surface area contributed by atoms with Crippen LogP contribution in [0.15, 0.2) is 47.3 Å². The Labute approximate surface area is 203 Å². The predicted octanol–water partition coefficient (Wildman–Crippen LogP) is 4.98. The summed E-state index contributed by atoms with van der Waals surface area (Å²) in [5, 5.41) is 2.10. The maximum absolute atomic E-state index is 12.9. The number of para-hydroxylation sites is 2. The first-order valence-corrected chi connectivity index (χ1v) is 11.3. The number of amides is 1. The van der Waals surface area contributed by atoms with Gasteiger partial charge in [0.15, 0.2) is 6.61 Å². The lowest BCUT2D eigenvalue weighted by molar-refractivity contribution is -0.147. The van der Waals surface area contributed by atoms with Crippen molar-refractivity contribution in [2.45, 2.75) is 45.3 Å². The van der Waals surface area contributed by atoms with Crippen molar-refractivity contribution < 1.29 is 27.5 Å². The highest BCUT2D eigenvalue weighted by Gasteiger charge is 2.31. The quantitative estimate of drug-likeness (QED) is 0.411. The van der Waals surface area contributed by atoms with Crippen LogP contribution in [0, 0.1) is 0 Å².